The average molecular weight is 203 g/mol. The largest absolute Gasteiger partial charge is 0.383 e. The lowest BCUT2D eigenvalue weighted by Crippen LogP contribution is -2.05. The van der Waals surface area contributed by atoms with E-state index < -0.39 is 0 Å². The highest BCUT2D eigenvalue weighted by Crippen LogP contribution is 2.16. The first kappa shape index (κ1) is 9.64. The lowest BCUT2D eigenvalue weighted by molar-refractivity contribution is 0.715. The smallest absolute Gasteiger partial charge is 0.138 e. The first-order chi connectivity index (χ1) is 7.18. The van der Waals surface area contributed by atoms with Gasteiger partial charge in [-0.25, -0.2) is 9.97 Å². The predicted molar refractivity (Wildman–Crippen MR) is 57.2 cm³/mol. The number of anilines is 1. The number of aryl methyl sites for hydroxylation is 2. The summed E-state index contributed by atoms with van der Waals surface area (Å²) in [5, 5.41) is 4.02. The maximum atomic E-state index is 5.82. The van der Waals surface area contributed by atoms with E-state index in [2.05, 4.69) is 15.1 Å². The van der Waals surface area contributed by atoms with Crippen molar-refractivity contribution in [2.24, 2.45) is 7.05 Å². The van der Waals surface area contributed by atoms with Crippen LogP contribution in [0, 0.1) is 6.92 Å². The summed E-state index contributed by atoms with van der Waals surface area (Å²) in [6.07, 6.45) is 3.92. The standard InChI is InChI=1S/C10H13N5/c1-7-3-4-12-10(11)8(7)5-9-13-6-14-15(9)2/h3-4,6H,5H2,1-2H3,(H2,11,12). The molecule has 2 rings (SSSR count). The Morgan fingerprint density at radius 1 is 1.40 bits per heavy atom. The quantitative estimate of drug-likeness (QED) is 0.779. The van der Waals surface area contributed by atoms with Crippen molar-refractivity contribution in [1.82, 2.24) is 19.7 Å². The zero-order valence-corrected chi connectivity index (χ0v) is 8.81. The molecule has 0 aliphatic heterocycles. The molecule has 0 aliphatic rings. The van der Waals surface area contributed by atoms with Crippen LogP contribution in [0.2, 0.25) is 0 Å². The Balaban J connectivity index is 2.36. The molecule has 0 unspecified atom stereocenters. The molecule has 0 bridgehead atoms. The molecule has 0 fully saturated rings. The first-order valence-electron chi connectivity index (χ1n) is 4.71. The van der Waals surface area contributed by atoms with E-state index >= 15 is 0 Å². The number of nitrogens with two attached hydrogens (primary N) is 1. The van der Waals surface area contributed by atoms with Gasteiger partial charge >= 0.3 is 0 Å². The lowest BCUT2D eigenvalue weighted by Gasteiger charge is -2.07. The molecule has 5 nitrogen and oxygen atoms in total. The van der Waals surface area contributed by atoms with Crippen molar-refractivity contribution in [3.63, 3.8) is 0 Å². The molecule has 2 aromatic heterocycles. The van der Waals surface area contributed by atoms with Gasteiger partial charge in [0.25, 0.3) is 0 Å². The van der Waals surface area contributed by atoms with Gasteiger partial charge in [-0.3, -0.25) is 4.68 Å². The summed E-state index contributed by atoms with van der Waals surface area (Å²) in [5.41, 5.74) is 7.97. The van der Waals surface area contributed by atoms with Crippen molar-refractivity contribution in [2.45, 2.75) is 13.3 Å². The molecule has 0 saturated heterocycles. The fourth-order valence-electron chi connectivity index (χ4n) is 1.48. The van der Waals surface area contributed by atoms with E-state index in [0.717, 1.165) is 17.0 Å². The normalized spacial score (nSPS) is 10.5. The van der Waals surface area contributed by atoms with Gasteiger partial charge in [0.2, 0.25) is 0 Å². The van der Waals surface area contributed by atoms with Crippen LogP contribution in [-0.2, 0) is 13.5 Å². The van der Waals surface area contributed by atoms with Crippen LogP contribution in [0.5, 0.6) is 0 Å². The fourth-order valence-corrected chi connectivity index (χ4v) is 1.48. The minimum Gasteiger partial charge on any atom is -0.383 e. The van der Waals surface area contributed by atoms with Crippen molar-refractivity contribution in [2.75, 3.05) is 5.73 Å². The van der Waals surface area contributed by atoms with Crippen LogP contribution < -0.4 is 5.73 Å². The molecule has 0 aromatic carbocycles. The average Bonchev–Trinajstić information content (AvgIpc) is 2.58. The molecule has 0 atom stereocenters. The number of rotatable bonds is 2. The van der Waals surface area contributed by atoms with Gasteiger partial charge in [0.05, 0.1) is 0 Å². The van der Waals surface area contributed by atoms with Crippen LogP contribution in [0.3, 0.4) is 0 Å². The third-order valence-corrected chi connectivity index (χ3v) is 2.46. The number of hydrogen-bond donors (Lipinski definition) is 1. The molecule has 2 aromatic rings. The minimum atomic E-state index is 0.568. The Labute approximate surface area is 88.0 Å². The van der Waals surface area contributed by atoms with E-state index in [1.54, 1.807) is 10.9 Å². The maximum absolute atomic E-state index is 5.82. The first-order valence-corrected chi connectivity index (χ1v) is 4.71. The van der Waals surface area contributed by atoms with Crippen LogP contribution in [0.15, 0.2) is 18.6 Å². The summed E-state index contributed by atoms with van der Waals surface area (Å²) in [6.45, 7) is 2.02. The highest BCUT2D eigenvalue weighted by molar-refractivity contribution is 5.45. The second-order valence-electron chi connectivity index (χ2n) is 3.47. The minimum absolute atomic E-state index is 0.568. The molecule has 2 heterocycles. The SMILES string of the molecule is Cc1ccnc(N)c1Cc1ncnn1C. The number of pyridine rings is 1. The maximum Gasteiger partial charge on any atom is 0.138 e. The van der Waals surface area contributed by atoms with Crippen molar-refractivity contribution in [3.05, 3.63) is 35.5 Å². The lowest BCUT2D eigenvalue weighted by atomic mass is 10.1. The summed E-state index contributed by atoms with van der Waals surface area (Å²) in [5.74, 6) is 1.45. The van der Waals surface area contributed by atoms with E-state index in [-0.39, 0.29) is 0 Å². The van der Waals surface area contributed by atoms with Gasteiger partial charge < -0.3 is 5.73 Å². The molecular formula is C10H13N5. The summed E-state index contributed by atoms with van der Waals surface area (Å²) in [6, 6.07) is 1.95. The van der Waals surface area contributed by atoms with E-state index in [9.17, 15) is 0 Å². The molecule has 0 amide bonds. The van der Waals surface area contributed by atoms with Gasteiger partial charge in [-0.2, -0.15) is 5.10 Å². The topological polar surface area (TPSA) is 69.6 Å². The van der Waals surface area contributed by atoms with Gasteiger partial charge in [-0.15, -0.1) is 0 Å². The predicted octanol–water partition coefficient (Wildman–Crippen LogP) is 0.692. The van der Waals surface area contributed by atoms with Gasteiger partial charge in [0.1, 0.15) is 18.0 Å². The van der Waals surface area contributed by atoms with Crippen molar-refractivity contribution in [1.29, 1.82) is 0 Å². The number of hydrogen-bond acceptors (Lipinski definition) is 4. The monoisotopic (exact) mass is 203 g/mol. The second kappa shape index (κ2) is 3.68. The summed E-state index contributed by atoms with van der Waals surface area (Å²) in [7, 11) is 1.87. The number of nitrogens with zero attached hydrogens (tertiary/aromatic N) is 4. The van der Waals surface area contributed by atoms with Crippen LogP contribution in [0.4, 0.5) is 5.82 Å². The Kier molecular flexibility index (Phi) is 2.37. The number of nitrogen functional groups attached to an aromatic ring is 1. The van der Waals surface area contributed by atoms with E-state index in [1.165, 1.54) is 6.33 Å². The molecule has 0 aliphatic carbocycles. The third-order valence-electron chi connectivity index (χ3n) is 2.46. The molecule has 2 N–H and O–H groups in total. The van der Waals surface area contributed by atoms with Gasteiger partial charge in [0.15, 0.2) is 0 Å². The van der Waals surface area contributed by atoms with Crippen LogP contribution in [0.25, 0.3) is 0 Å². The van der Waals surface area contributed by atoms with Gasteiger partial charge in [-0.05, 0) is 18.6 Å². The Hall–Kier alpha value is -1.91. The van der Waals surface area contributed by atoms with Crippen LogP contribution >= 0.6 is 0 Å². The highest BCUT2D eigenvalue weighted by atomic mass is 15.3. The van der Waals surface area contributed by atoms with E-state index in [0.29, 0.717) is 12.2 Å². The zero-order chi connectivity index (χ0) is 10.8. The molecule has 15 heavy (non-hydrogen) atoms. The highest BCUT2D eigenvalue weighted by Gasteiger charge is 2.08. The summed E-state index contributed by atoms with van der Waals surface area (Å²) >= 11 is 0. The molecule has 0 spiro atoms. The molecule has 5 heteroatoms. The van der Waals surface area contributed by atoms with Crippen LogP contribution in [-0.4, -0.2) is 19.7 Å². The number of aromatic nitrogens is 4. The Morgan fingerprint density at radius 3 is 2.80 bits per heavy atom. The van der Waals surface area contributed by atoms with Crippen LogP contribution in [0.1, 0.15) is 17.0 Å². The molecule has 0 radical (unpaired) electrons. The molecular weight excluding hydrogens is 190 g/mol. The third kappa shape index (κ3) is 1.81. The van der Waals surface area contributed by atoms with Gasteiger partial charge in [-0.1, -0.05) is 0 Å². The fraction of sp³-hybridized carbons (Fsp3) is 0.300. The second-order valence-corrected chi connectivity index (χ2v) is 3.47. The molecule has 0 saturated carbocycles. The Morgan fingerprint density at radius 2 is 2.20 bits per heavy atom. The van der Waals surface area contributed by atoms with Crippen molar-refractivity contribution < 1.29 is 0 Å². The summed E-state index contributed by atoms with van der Waals surface area (Å²) in [4.78, 5) is 8.23. The van der Waals surface area contributed by atoms with E-state index in [4.69, 9.17) is 5.73 Å². The Bertz CT molecular complexity index is 454. The van der Waals surface area contributed by atoms with Crippen molar-refractivity contribution >= 4 is 5.82 Å². The van der Waals surface area contributed by atoms with Crippen molar-refractivity contribution in [3.8, 4) is 0 Å². The van der Waals surface area contributed by atoms with E-state index in [1.807, 2.05) is 20.0 Å². The summed E-state index contributed by atoms with van der Waals surface area (Å²) < 4.78 is 1.74. The zero-order valence-electron chi connectivity index (χ0n) is 8.81. The van der Waals surface area contributed by atoms with Gasteiger partial charge in [0, 0.05) is 25.2 Å². The molecule has 78 valence electrons.